The number of nitrogens with zero attached hydrogens (tertiary/aromatic N) is 1. The minimum absolute atomic E-state index is 0.0985. The van der Waals surface area contributed by atoms with Gasteiger partial charge in [-0.2, -0.15) is 13.2 Å². The number of carbonyl (C=O) groups excluding carboxylic acids is 1. The topological polar surface area (TPSA) is 41.6 Å². The second-order valence-electron chi connectivity index (χ2n) is 10.6. The van der Waals surface area contributed by atoms with Gasteiger partial charge in [-0.1, -0.05) is 44.2 Å². The zero-order valence-corrected chi connectivity index (χ0v) is 19.6. The van der Waals surface area contributed by atoms with E-state index in [1.807, 2.05) is 12.1 Å². The third kappa shape index (κ3) is 4.42. The van der Waals surface area contributed by atoms with Gasteiger partial charge in [-0.3, -0.25) is 4.90 Å². The number of alkyl halides is 3. The van der Waals surface area contributed by atoms with Gasteiger partial charge in [0.15, 0.2) is 0 Å². The van der Waals surface area contributed by atoms with E-state index in [1.54, 1.807) is 12.1 Å². The molecule has 34 heavy (non-hydrogen) atoms. The average Bonchev–Trinajstić information content (AvgIpc) is 2.81. The highest BCUT2D eigenvalue weighted by molar-refractivity contribution is 5.71. The van der Waals surface area contributed by atoms with Crippen LogP contribution in [0.3, 0.4) is 0 Å². The molecule has 3 heterocycles. The van der Waals surface area contributed by atoms with E-state index >= 15 is 0 Å². The molecule has 2 bridgehead atoms. The van der Waals surface area contributed by atoms with Crippen molar-refractivity contribution in [3.05, 3.63) is 59.2 Å². The summed E-state index contributed by atoms with van der Waals surface area (Å²) in [5.74, 6) is 0.410. The maximum Gasteiger partial charge on any atom is 0.417 e. The Balaban J connectivity index is 1.43. The van der Waals surface area contributed by atoms with Crippen LogP contribution in [-0.2, 0) is 17.3 Å². The maximum atomic E-state index is 13.7. The van der Waals surface area contributed by atoms with Gasteiger partial charge in [-0.15, -0.1) is 0 Å². The SMILES string of the molecule is CC1(C)CCc2ccc(-c3ccccc3C(F)(F)F)cc2C1NC(=O)O[C@H]1CN2CCC1CC2. The molecule has 6 rings (SSSR count). The molecule has 0 aromatic heterocycles. The number of benzene rings is 2. The number of rotatable bonds is 3. The first kappa shape index (κ1) is 23.2. The summed E-state index contributed by atoms with van der Waals surface area (Å²) in [6.45, 7) is 7.09. The Hall–Kier alpha value is -2.54. The lowest BCUT2D eigenvalue weighted by atomic mass is 9.70. The summed E-state index contributed by atoms with van der Waals surface area (Å²) >= 11 is 0. The standard InChI is InChI=1S/C27H31F3N2O2/c1-26(2)12-9-17-7-8-19(20-5-3-4-6-22(20)27(28,29)30)15-21(17)24(26)31-25(33)34-23-16-32-13-10-18(23)11-14-32/h3-8,15,18,23-24H,9-14,16H2,1-2H3,(H,31,33)/t23-,24?/m0/s1. The minimum atomic E-state index is -4.44. The van der Waals surface area contributed by atoms with Crippen molar-refractivity contribution >= 4 is 6.09 Å². The van der Waals surface area contributed by atoms with Crippen molar-refractivity contribution in [2.24, 2.45) is 11.3 Å². The second kappa shape index (κ2) is 8.59. The van der Waals surface area contributed by atoms with Crippen LogP contribution in [0.5, 0.6) is 0 Å². The first-order valence-electron chi connectivity index (χ1n) is 12.1. The third-order valence-electron chi connectivity index (χ3n) is 7.94. The number of fused-ring (bicyclic) bond motifs is 4. The molecular formula is C27H31F3N2O2. The molecule has 1 amide bonds. The zero-order chi connectivity index (χ0) is 24.1. The molecule has 182 valence electrons. The molecule has 1 unspecified atom stereocenters. The van der Waals surface area contributed by atoms with E-state index in [1.165, 1.54) is 12.1 Å². The molecule has 2 aromatic rings. The van der Waals surface area contributed by atoms with Crippen LogP contribution in [0.1, 0.15) is 55.8 Å². The maximum absolute atomic E-state index is 13.7. The van der Waals surface area contributed by atoms with Gasteiger partial charge in [0.2, 0.25) is 0 Å². The smallest absolute Gasteiger partial charge is 0.417 e. The summed E-state index contributed by atoms with van der Waals surface area (Å²) in [6.07, 6.45) is -1.19. The summed E-state index contributed by atoms with van der Waals surface area (Å²) in [7, 11) is 0. The summed E-state index contributed by atoms with van der Waals surface area (Å²) in [4.78, 5) is 15.3. The van der Waals surface area contributed by atoms with E-state index in [0.29, 0.717) is 11.5 Å². The van der Waals surface area contributed by atoms with E-state index in [0.717, 1.165) is 62.5 Å². The molecule has 0 radical (unpaired) electrons. The average molecular weight is 473 g/mol. The number of nitrogens with one attached hydrogen (secondary N) is 1. The van der Waals surface area contributed by atoms with Crippen LogP contribution < -0.4 is 5.32 Å². The van der Waals surface area contributed by atoms with Crippen LogP contribution in [0.25, 0.3) is 11.1 Å². The molecule has 0 saturated carbocycles. The van der Waals surface area contributed by atoms with Gasteiger partial charge < -0.3 is 10.1 Å². The van der Waals surface area contributed by atoms with Gasteiger partial charge in [-0.25, -0.2) is 4.79 Å². The largest absolute Gasteiger partial charge is 0.445 e. The minimum Gasteiger partial charge on any atom is -0.445 e. The predicted molar refractivity (Wildman–Crippen MR) is 124 cm³/mol. The van der Waals surface area contributed by atoms with Crippen LogP contribution in [0, 0.1) is 11.3 Å². The number of ether oxygens (including phenoxy) is 1. The van der Waals surface area contributed by atoms with Gasteiger partial charge in [-0.05, 0) is 84.5 Å². The highest BCUT2D eigenvalue weighted by Crippen LogP contribution is 2.46. The quantitative estimate of drug-likeness (QED) is 0.578. The van der Waals surface area contributed by atoms with Gasteiger partial charge in [0.1, 0.15) is 6.10 Å². The van der Waals surface area contributed by atoms with Crippen molar-refractivity contribution in [2.45, 2.75) is 57.9 Å². The summed E-state index contributed by atoms with van der Waals surface area (Å²) in [5.41, 5.74) is 1.66. The lowest BCUT2D eigenvalue weighted by Crippen LogP contribution is -2.53. The number of halogens is 3. The summed E-state index contributed by atoms with van der Waals surface area (Å²) < 4.78 is 46.8. The Morgan fingerprint density at radius 3 is 2.53 bits per heavy atom. The van der Waals surface area contributed by atoms with E-state index in [-0.39, 0.29) is 23.1 Å². The molecule has 7 heteroatoms. The fourth-order valence-corrected chi connectivity index (χ4v) is 5.87. The van der Waals surface area contributed by atoms with Crippen molar-refractivity contribution in [1.82, 2.24) is 10.2 Å². The number of piperidine rings is 3. The lowest BCUT2D eigenvalue weighted by molar-refractivity contribution is -0.137. The fraction of sp³-hybridized carbons (Fsp3) is 0.519. The van der Waals surface area contributed by atoms with E-state index in [9.17, 15) is 18.0 Å². The molecular weight excluding hydrogens is 441 g/mol. The predicted octanol–water partition coefficient (Wildman–Crippen LogP) is 6.21. The molecule has 3 aliphatic heterocycles. The van der Waals surface area contributed by atoms with Crippen LogP contribution >= 0.6 is 0 Å². The van der Waals surface area contributed by atoms with Gasteiger partial charge in [0, 0.05) is 6.54 Å². The highest BCUT2D eigenvalue weighted by Gasteiger charge is 2.40. The van der Waals surface area contributed by atoms with Crippen molar-refractivity contribution in [3.8, 4) is 11.1 Å². The first-order valence-corrected chi connectivity index (χ1v) is 12.1. The Morgan fingerprint density at radius 1 is 1.12 bits per heavy atom. The number of aryl methyl sites for hydroxylation is 1. The molecule has 3 saturated heterocycles. The number of hydrogen-bond acceptors (Lipinski definition) is 3. The molecule has 2 aromatic carbocycles. The van der Waals surface area contributed by atoms with Crippen molar-refractivity contribution < 1.29 is 22.7 Å². The third-order valence-corrected chi connectivity index (χ3v) is 7.94. The Bertz CT molecular complexity index is 1070. The first-order chi connectivity index (χ1) is 16.1. The molecule has 1 N–H and O–H groups in total. The molecule has 2 atom stereocenters. The Labute approximate surface area is 198 Å². The monoisotopic (exact) mass is 472 g/mol. The van der Waals surface area contributed by atoms with Crippen LogP contribution in [0.2, 0.25) is 0 Å². The van der Waals surface area contributed by atoms with Gasteiger partial charge in [0.05, 0.1) is 11.6 Å². The van der Waals surface area contributed by atoms with Gasteiger partial charge in [0.25, 0.3) is 0 Å². The number of hydrogen-bond donors (Lipinski definition) is 1. The van der Waals surface area contributed by atoms with E-state index < -0.39 is 17.8 Å². The fourth-order valence-electron chi connectivity index (χ4n) is 5.87. The molecule has 0 spiro atoms. The normalized spacial score (nSPS) is 27.7. The van der Waals surface area contributed by atoms with Crippen LogP contribution in [-0.4, -0.2) is 36.7 Å². The lowest BCUT2D eigenvalue weighted by Gasteiger charge is -2.44. The van der Waals surface area contributed by atoms with E-state index in [4.69, 9.17) is 4.74 Å². The van der Waals surface area contributed by atoms with Crippen molar-refractivity contribution in [3.63, 3.8) is 0 Å². The zero-order valence-electron chi connectivity index (χ0n) is 19.6. The molecule has 1 aliphatic carbocycles. The molecule has 4 nitrogen and oxygen atoms in total. The van der Waals surface area contributed by atoms with Crippen molar-refractivity contribution in [1.29, 1.82) is 0 Å². The Morgan fingerprint density at radius 2 is 1.85 bits per heavy atom. The molecule has 4 aliphatic rings. The second-order valence-corrected chi connectivity index (χ2v) is 10.6. The summed E-state index contributed by atoms with van der Waals surface area (Å²) in [5, 5.41) is 3.09. The highest BCUT2D eigenvalue weighted by atomic mass is 19.4. The molecule has 3 fully saturated rings. The van der Waals surface area contributed by atoms with Crippen LogP contribution in [0.15, 0.2) is 42.5 Å². The number of carbonyl (C=O) groups is 1. The number of alkyl carbamates (subject to hydrolysis) is 1. The van der Waals surface area contributed by atoms with Crippen LogP contribution in [0.4, 0.5) is 18.0 Å². The van der Waals surface area contributed by atoms with E-state index in [2.05, 4.69) is 24.1 Å². The Kier molecular flexibility index (Phi) is 5.87. The summed E-state index contributed by atoms with van der Waals surface area (Å²) in [6, 6.07) is 10.8. The van der Waals surface area contributed by atoms with Crippen molar-refractivity contribution in [2.75, 3.05) is 19.6 Å². The number of amides is 1. The van der Waals surface area contributed by atoms with Gasteiger partial charge >= 0.3 is 12.3 Å².